The van der Waals surface area contributed by atoms with Crippen molar-refractivity contribution in [3.05, 3.63) is 35.9 Å². The van der Waals surface area contributed by atoms with E-state index in [1.165, 1.54) is 6.42 Å². The van der Waals surface area contributed by atoms with E-state index in [2.05, 4.69) is 20.8 Å². The first-order valence-corrected chi connectivity index (χ1v) is 8.70. The van der Waals surface area contributed by atoms with Gasteiger partial charge in [0.1, 0.15) is 12.0 Å². The number of Topliss-reactive ketones (excluding diaryl/α,β-unsaturated/α-hetero) is 1. The molecule has 3 heteroatoms. The number of hydrogen-bond donors (Lipinski definition) is 0. The van der Waals surface area contributed by atoms with E-state index < -0.39 is 5.92 Å². The summed E-state index contributed by atoms with van der Waals surface area (Å²) in [5.41, 5.74) is 0.564. The number of carbonyl (C=O) groups is 2. The van der Waals surface area contributed by atoms with Crippen molar-refractivity contribution in [3.63, 3.8) is 0 Å². The third-order valence-corrected chi connectivity index (χ3v) is 5.03. The van der Waals surface area contributed by atoms with Crippen LogP contribution in [-0.2, 0) is 9.53 Å². The molecule has 3 nitrogen and oxygen atoms in total. The van der Waals surface area contributed by atoms with Crippen LogP contribution in [0.4, 0.5) is 0 Å². The molecule has 1 aromatic rings. The van der Waals surface area contributed by atoms with Crippen molar-refractivity contribution in [2.45, 2.75) is 53.1 Å². The Hall–Kier alpha value is -1.64. The number of ketones is 1. The highest BCUT2D eigenvalue weighted by atomic mass is 16.5. The van der Waals surface area contributed by atoms with Crippen molar-refractivity contribution >= 4 is 11.8 Å². The van der Waals surface area contributed by atoms with E-state index in [1.807, 2.05) is 18.2 Å². The molecule has 0 aliphatic heterocycles. The fourth-order valence-corrected chi connectivity index (χ4v) is 3.46. The maximum absolute atomic E-state index is 12.5. The fourth-order valence-electron chi connectivity index (χ4n) is 3.46. The number of benzene rings is 1. The summed E-state index contributed by atoms with van der Waals surface area (Å²) < 4.78 is 5.78. The molecule has 0 heterocycles. The van der Waals surface area contributed by atoms with Gasteiger partial charge in [-0.2, -0.15) is 0 Å². The summed E-state index contributed by atoms with van der Waals surface area (Å²) in [7, 11) is 0. The van der Waals surface area contributed by atoms with Crippen LogP contribution in [0.3, 0.4) is 0 Å². The number of ether oxygens (including phenoxy) is 1. The average molecular weight is 316 g/mol. The van der Waals surface area contributed by atoms with Crippen LogP contribution in [0.5, 0.6) is 0 Å². The lowest BCUT2D eigenvalue weighted by Gasteiger charge is -2.37. The van der Waals surface area contributed by atoms with Crippen molar-refractivity contribution in [1.82, 2.24) is 0 Å². The van der Waals surface area contributed by atoms with Gasteiger partial charge in [0, 0.05) is 5.56 Å². The SMILES string of the molecule is CC(C)[C@H]1CC[C@@H](C)C[C@H]1OC(=O)[C@H](C)C(=O)c1ccccc1. The van der Waals surface area contributed by atoms with Crippen LogP contribution in [0, 0.1) is 23.7 Å². The van der Waals surface area contributed by atoms with Gasteiger partial charge in [-0.15, -0.1) is 0 Å². The van der Waals surface area contributed by atoms with Crippen molar-refractivity contribution in [1.29, 1.82) is 0 Å². The second-order valence-corrected chi connectivity index (χ2v) is 7.25. The van der Waals surface area contributed by atoms with Crippen LogP contribution in [0.1, 0.15) is 57.3 Å². The molecule has 0 aromatic heterocycles. The summed E-state index contributed by atoms with van der Waals surface area (Å²) in [4.78, 5) is 24.9. The third kappa shape index (κ3) is 4.43. The van der Waals surface area contributed by atoms with E-state index in [0.29, 0.717) is 23.3 Å². The lowest BCUT2D eigenvalue weighted by molar-refractivity contribution is -0.158. The minimum atomic E-state index is -0.748. The standard InChI is InChI=1S/C20H28O3/c1-13(2)17-11-10-14(3)12-18(17)23-20(22)15(4)19(21)16-8-6-5-7-9-16/h5-9,13-15,17-18H,10-12H2,1-4H3/t14-,15-,17-,18-/m1/s1. The lowest BCUT2D eigenvalue weighted by Crippen LogP contribution is -2.38. The summed E-state index contributed by atoms with van der Waals surface area (Å²) >= 11 is 0. The molecule has 0 amide bonds. The summed E-state index contributed by atoms with van der Waals surface area (Å²) in [5, 5.41) is 0. The van der Waals surface area contributed by atoms with Gasteiger partial charge in [0.25, 0.3) is 0 Å². The van der Waals surface area contributed by atoms with Gasteiger partial charge in [-0.25, -0.2) is 0 Å². The zero-order chi connectivity index (χ0) is 17.0. The first-order valence-electron chi connectivity index (χ1n) is 8.70. The van der Waals surface area contributed by atoms with Gasteiger partial charge in [0.05, 0.1) is 0 Å². The second-order valence-electron chi connectivity index (χ2n) is 7.25. The van der Waals surface area contributed by atoms with E-state index in [0.717, 1.165) is 12.8 Å². The van der Waals surface area contributed by atoms with Crippen LogP contribution in [-0.4, -0.2) is 17.9 Å². The quantitative estimate of drug-likeness (QED) is 0.456. The molecule has 1 aliphatic rings. The van der Waals surface area contributed by atoms with Gasteiger partial charge in [0.2, 0.25) is 0 Å². The molecule has 1 saturated carbocycles. The topological polar surface area (TPSA) is 43.4 Å². The van der Waals surface area contributed by atoms with Crippen molar-refractivity contribution in [2.24, 2.45) is 23.7 Å². The Kier molecular flexibility index (Phi) is 5.97. The van der Waals surface area contributed by atoms with E-state index in [1.54, 1.807) is 19.1 Å². The maximum Gasteiger partial charge on any atom is 0.316 e. The van der Waals surface area contributed by atoms with Gasteiger partial charge in [0.15, 0.2) is 5.78 Å². The molecule has 0 radical (unpaired) electrons. The maximum atomic E-state index is 12.5. The Morgan fingerprint density at radius 3 is 2.35 bits per heavy atom. The van der Waals surface area contributed by atoms with Crippen LogP contribution >= 0.6 is 0 Å². The molecule has 0 spiro atoms. The smallest absolute Gasteiger partial charge is 0.316 e. The van der Waals surface area contributed by atoms with Gasteiger partial charge in [-0.3, -0.25) is 9.59 Å². The number of esters is 1. The normalized spacial score (nSPS) is 25.9. The first kappa shape index (κ1) is 17.7. The number of rotatable bonds is 5. The Morgan fingerprint density at radius 2 is 1.74 bits per heavy atom. The van der Waals surface area contributed by atoms with Crippen molar-refractivity contribution in [2.75, 3.05) is 0 Å². The van der Waals surface area contributed by atoms with Crippen molar-refractivity contribution < 1.29 is 14.3 Å². The summed E-state index contributed by atoms with van der Waals surface area (Å²) in [6.45, 7) is 8.21. The predicted octanol–water partition coefficient (Wildman–Crippen LogP) is 4.51. The zero-order valence-corrected chi connectivity index (χ0v) is 14.6. The molecule has 0 N–H and O–H groups in total. The monoisotopic (exact) mass is 316 g/mol. The minimum Gasteiger partial charge on any atom is -0.462 e. The molecule has 2 rings (SSSR count). The lowest BCUT2D eigenvalue weighted by atomic mass is 9.75. The average Bonchev–Trinajstić information content (AvgIpc) is 2.54. The molecule has 1 aromatic carbocycles. The van der Waals surface area contributed by atoms with Crippen molar-refractivity contribution in [3.8, 4) is 0 Å². The number of carbonyl (C=O) groups excluding carboxylic acids is 2. The Morgan fingerprint density at radius 1 is 1.09 bits per heavy atom. The highest BCUT2D eigenvalue weighted by molar-refractivity contribution is 6.08. The molecule has 4 atom stereocenters. The Labute approximate surface area is 139 Å². The predicted molar refractivity (Wildman–Crippen MR) is 91.2 cm³/mol. The van der Waals surface area contributed by atoms with Gasteiger partial charge < -0.3 is 4.74 Å². The Balaban J connectivity index is 2.03. The molecular weight excluding hydrogens is 288 g/mol. The molecule has 0 unspecified atom stereocenters. The Bertz CT molecular complexity index is 535. The van der Waals surface area contributed by atoms with E-state index in [9.17, 15) is 9.59 Å². The van der Waals surface area contributed by atoms with Crippen LogP contribution < -0.4 is 0 Å². The molecule has 0 saturated heterocycles. The number of hydrogen-bond acceptors (Lipinski definition) is 3. The first-order chi connectivity index (χ1) is 10.9. The largest absolute Gasteiger partial charge is 0.462 e. The van der Waals surface area contributed by atoms with Gasteiger partial charge in [-0.1, -0.05) is 57.5 Å². The van der Waals surface area contributed by atoms with Crippen LogP contribution in [0.25, 0.3) is 0 Å². The van der Waals surface area contributed by atoms with E-state index >= 15 is 0 Å². The highest BCUT2D eigenvalue weighted by Crippen LogP contribution is 2.35. The molecule has 1 aliphatic carbocycles. The minimum absolute atomic E-state index is 0.0581. The molecule has 0 bridgehead atoms. The van der Waals surface area contributed by atoms with E-state index in [4.69, 9.17) is 4.74 Å². The molecular formula is C20H28O3. The zero-order valence-electron chi connectivity index (χ0n) is 14.6. The summed E-state index contributed by atoms with van der Waals surface area (Å²) in [6.07, 6.45) is 3.13. The van der Waals surface area contributed by atoms with E-state index in [-0.39, 0.29) is 17.9 Å². The third-order valence-electron chi connectivity index (χ3n) is 5.03. The molecule has 126 valence electrons. The van der Waals surface area contributed by atoms with Crippen LogP contribution in [0.2, 0.25) is 0 Å². The molecule has 23 heavy (non-hydrogen) atoms. The highest BCUT2D eigenvalue weighted by Gasteiger charge is 2.35. The second kappa shape index (κ2) is 7.76. The van der Waals surface area contributed by atoms with Gasteiger partial charge >= 0.3 is 5.97 Å². The fraction of sp³-hybridized carbons (Fsp3) is 0.600. The molecule has 1 fully saturated rings. The van der Waals surface area contributed by atoms with Gasteiger partial charge in [-0.05, 0) is 37.5 Å². The summed E-state index contributed by atoms with van der Waals surface area (Å²) in [5.74, 6) is 0.157. The summed E-state index contributed by atoms with van der Waals surface area (Å²) in [6, 6.07) is 8.96. The van der Waals surface area contributed by atoms with Crippen LogP contribution in [0.15, 0.2) is 30.3 Å².